The standard InChI is InChI=1S/C17H20N2O2/c20-17(21)12-6-9-18(10-7-12)15-2-1-3-16-14(15)8-11-19(16)13-4-5-13/h1-3,8,11-13H,4-7,9-10H2,(H,20,21). The number of hydrogen-bond acceptors (Lipinski definition) is 2. The molecule has 0 spiro atoms. The molecular formula is C17H20N2O2. The number of aromatic nitrogens is 1. The monoisotopic (exact) mass is 284 g/mol. The first-order chi connectivity index (χ1) is 10.2. The van der Waals surface area contributed by atoms with E-state index < -0.39 is 5.97 Å². The molecule has 0 bridgehead atoms. The van der Waals surface area contributed by atoms with Crippen molar-refractivity contribution < 1.29 is 9.90 Å². The van der Waals surface area contributed by atoms with E-state index in [4.69, 9.17) is 5.11 Å². The lowest BCUT2D eigenvalue weighted by atomic mass is 9.96. The average Bonchev–Trinajstić information content (AvgIpc) is 3.26. The van der Waals surface area contributed by atoms with Gasteiger partial charge in [-0.1, -0.05) is 6.07 Å². The van der Waals surface area contributed by atoms with Crippen LogP contribution in [-0.2, 0) is 4.79 Å². The number of carboxylic acids is 1. The smallest absolute Gasteiger partial charge is 0.306 e. The molecule has 0 radical (unpaired) electrons. The number of rotatable bonds is 3. The third kappa shape index (κ3) is 2.19. The molecule has 1 saturated carbocycles. The molecule has 1 aliphatic carbocycles. The largest absolute Gasteiger partial charge is 0.481 e. The predicted octanol–water partition coefficient (Wildman–Crippen LogP) is 3.28. The molecule has 2 heterocycles. The van der Waals surface area contributed by atoms with Crippen LogP contribution in [0.15, 0.2) is 30.5 Å². The van der Waals surface area contributed by atoms with Gasteiger partial charge in [0.2, 0.25) is 0 Å². The van der Waals surface area contributed by atoms with Crippen molar-refractivity contribution in [3.05, 3.63) is 30.5 Å². The zero-order valence-electron chi connectivity index (χ0n) is 12.0. The van der Waals surface area contributed by atoms with Crippen LogP contribution in [0, 0.1) is 5.92 Å². The lowest BCUT2D eigenvalue weighted by Crippen LogP contribution is -2.36. The lowest BCUT2D eigenvalue weighted by molar-refractivity contribution is -0.142. The Bertz CT molecular complexity index is 679. The molecule has 21 heavy (non-hydrogen) atoms. The molecule has 1 aliphatic heterocycles. The fraction of sp³-hybridized carbons (Fsp3) is 0.471. The summed E-state index contributed by atoms with van der Waals surface area (Å²) in [6.07, 6.45) is 6.27. The zero-order chi connectivity index (χ0) is 14.4. The van der Waals surface area contributed by atoms with Gasteiger partial charge in [-0.3, -0.25) is 4.79 Å². The van der Waals surface area contributed by atoms with E-state index in [9.17, 15) is 4.79 Å². The maximum Gasteiger partial charge on any atom is 0.306 e. The van der Waals surface area contributed by atoms with E-state index in [1.807, 2.05) is 0 Å². The van der Waals surface area contributed by atoms with Crippen molar-refractivity contribution in [1.82, 2.24) is 4.57 Å². The highest BCUT2D eigenvalue weighted by molar-refractivity contribution is 5.93. The molecule has 1 N–H and O–H groups in total. The van der Waals surface area contributed by atoms with Crippen LogP contribution in [-0.4, -0.2) is 28.7 Å². The van der Waals surface area contributed by atoms with Crippen LogP contribution in [0.25, 0.3) is 10.9 Å². The second-order valence-electron chi connectivity index (χ2n) is 6.26. The Hall–Kier alpha value is -1.97. The van der Waals surface area contributed by atoms with E-state index in [0.717, 1.165) is 25.9 Å². The molecule has 4 nitrogen and oxygen atoms in total. The summed E-state index contributed by atoms with van der Waals surface area (Å²) in [7, 11) is 0. The van der Waals surface area contributed by atoms with Crippen LogP contribution in [0.5, 0.6) is 0 Å². The van der Waals surface area contributed by atoms with Gasteiger partial charge in [-0.25, -0.2) is 0 Å². The number of fused-ring (bicyclic) bond motifs is 1. The molecule has 2 fully saturated rings. The third-order valence-electron chi connectivity index (χ3n) is 4.87. The van der Waals surface area contributed by atoms with Gasteiger partial charge < -0.3 is 14.6 Å². The topological polar surface area (TPSA) is 45.5 Å². The molecule has 2 aromatic rings. The molecule has 110 valence electrons. The van der Waals surface area contributed by atoms with Gasteiger partial charge in [-0.05, 0) is 43.9 Å². The molecule has 0 atom stereocenters. The summed E-state index contributed by atoms with van der Waals surface area (Å²) < 4.78 is 2.39. The first-order valence-corrected chi connectivity index (χ1v) is 7.81. The van der Waals surface area contributed by atoms with E-state index in [2.05, 4.69) is 39.9 Å². The Morgan fingerprint density at radius 2 is 1.86 bits per heavy atom. The number of anilines is 1. The number of carbonyl (C=O) groups is 1. The maximum atomic E-state index is 11.1. The minimum Gasteiger partial charge on any atom is -0.481 e. The lowest BCUT2D eigenvalue weighted by Gasteiger charge is -2.32. The molecule has 1 aromatic carbocycles. The van der Waals surface area contributed by atoms with Gasteiger partial charge in [-0.15, -0.1) is 0 Å². The van der Waals surface area contributed by atoms with Gasteiger partial charge in [0.15, 0.2) is 0 Å². The Balaban J connectivity index is 1.63. The number of nitrogens with zero attached hydrogens (tertiary/aromatic N) is 2. The Morgan fingerprint density at radius 3 is 2.52 bits per heavy atom. The minimum atomic E-state index is -0.646. The normalized spacial score (nSPS) is 20.1. The fourth-order valence-electron chi connectivity index (χ4n) is 3.49. The second-order valence-corrected chi connectivity index (χ2v) is 6.26. The minimum absolute atomic E-state index is 0.170. The van der Waals surface area contributed by atoms with E-state index >= 15 is 0 Å². The molecule has 0 amide bonds. The molecule has 1 aromatic heterocycles. The summed E-state index contributed by atoms with van der Waals surface area (Å²) in [5.74, 6) is -0.815. The second kappa shape index (κ2) is 4.79. The Morgan fingerprint density at radius 1 is 1.10 bits per heavy atom. The third-order valence-corrected chi connectivity index (χ3v) is 4.87. The van der Waals surface area contributed by atoms with Gasteiger partial charge in [-0.2, -0.15) is 0 Å². The highest BCUT2D eigenvalue weighted by atomic mass is 16.4. The summed E-state index contributed by atoms with van der Waals surface area (Å²) in [5.41, 5.74) is 2.58. The van der Waals surface area contributed by atoms with Crippen LogP contribution in [0.1, 0.15) is 31.7 Å². The summed E-state index contributed by atoms with van der Waals surface area (Å²) in [6, 6.07) is 9.39. The molecule has 0 unspecified atom stereocenters. The summed E-state index contributed by atoms with van der Waals surface area (Å²) in [5, 5.41) is 10.4. The van der Waals surface area contributed by atoms with Crippen LogP contribution in [0.3, 0.4) is 0 Å². The number of hydrogen-bond donors (Lipinski definition) is 1. The Labute approximate surface area is 124 Å². The van der Waals surface area contributed by atoms with Crippen LogP contribution < -0.4 is 4.90 Å². The summed E-state index contributed by atoms with van der Waals surface area (Å²) in [6.45, 7) is 1.68. The highest BCUT2D eigenvalue weighted by Crippen LogP contribution is 2.40. The Kier molecular flexibility index (Phi) is 2.91. The first kappa shape index (κ1) is 12.7. The van der Waals surface area contributed by atoms with Crippen LogP contribution in [0.4, 0.5) is 5.69 Å². The quantitative estimate of drug-likeness (QED) is 0.940. The van der Waals surface area contributed by atoms with Crippen molar-refractivity contribution in [3.8, 4) is 0 Å². The van der Waals surface area contributed by atoms with Crippen molar-refractivity contribution in [3.63, 3.8) is 0 Å². The average molecular weight is 284 g/mol. The van der Waals surface area contributed by atoms with Crippen molar-refractivity contribution in [2.75, 3.05) is 18.0 Å². The number of piperidine rings is 1. The molecule has 1 saturated heterocycles. The van der Waals surface area contributed by atoms with Crippen molar-refractivity contribution in [2.45, 2.75) is 31.7 Å². The first-order valence-electron chi connectivity index (χ1n) is 7.81. The number of benzene rings is 1. The van der Waals surface area contributed by atoms with Gasteiger partial charge >= 0.3 is 5.97 Å². The van der Waals surface area contributed by atoms with Crippen molar-refractivity contribution in [1.29, 1.82) is 0 Å². The number of carboxylic acid groups (broad SMARTS) is 1. The van der Waals surface area contributed by atoms with Crippen molar-refractivity contribution >= 4 is 22.6 Å². The van der Waals surface area contributed by atoms with Crippen molar-refractivity contribution in [2.24, 2.45) is 5.92 Å². The fourth-order valence-corrected chi connectivity index (χ4v) is 3.49. The van der Waals surface area contributed by atoms with Crippen LogP contribution in [0.2, 0.25) is 0 Å². The van der Waals surface area contributed by atoms with E-state index in [0.29, 0.717) is 6.04 Å². The molecule has 2 aliphatic rings. The van der Waals surface area contributed by atoms with Gasteiger partial charge in [0.1, 0.15) is 0 Å². The van der Waals surface area contributed by atoms with Gasteiger partial charge in [0.25, 0.3) is 0 Å². The maximum absolute atomic E-state index is 11.1. The summed E-state index contributed by atoms with van der Waals surface area (Å²) in [4.78, 5) is 13.4. The van der Waals surface area contributed by atoms with Gasteiger partial charge in [0, 0.05) is 36.4 Å². The molecular weight excluding hydrogens is 264 g/mol. The molecule has 4 rings (SSSR count). The van der Waals surface area contributed by atoms with E-state index in [1.54, 1.807) is 0 Å². The van der Waals surface area contributed by atoms with Crippen LogP contribution >= 0.6 is 0 Å². The van der Waals surface area contributed by atoms with Gasteiger partial charge in [0.05, 0.1) is 11.4 Å². The van der Waals surface area contributed by atoms with E-state index in [-0.39, 0.29) is 5.92 Å². The zero-order valence-corrected chi connectivity index (χ0v) is 12.0. The number of aliphatic carboxylic acids is 1. The van der Waals surface area contributed by atoms with E-state index in [1.165, 1.54) is 29.4 Å². The summed E-state index contributed by atoms with van der Waals surface area (Å²) >= 11 is 0. The predicted molar refractivity (Wildman–Crippen MR) is 82.8 cm³/mol. The molecule has 4 heteroatoms. The highest BCUT2D eigenvalue weighted by Gasteiger charge is 2.27. The SMILES string of the molecule is O=C(O)C1CCN(c2cccc3c2ccn3C2CC2)CC1.